The average molecular weight is 181 g/mol. The predicted octanol–water partition coefficient (Wildman–Crippen LogP) is 1.23. The first-order chi connectivity index (χ1) is 6.38. The number of hydrogen-bond donors (Lipinski definition) is 0. The molecule has 72 valence electrons. The van der Waals surface area contributed by atoms with Crippen molar-refractivity contribution < 1.29 is 4.42 Å². The van der Waals surface area contributed by atoms with Gasteiger partial charge >= 0.3 is 0 Å². The third-order valence-electron chi connectivity index (χ3n) is 2.37. The van der Waals surface area contributed by atoms with E-state index in [1.165, 1.54) is 25.9 Å². The van der Waals surface area contributed by atoms with Crippen LogP contribution >= 0.6 is 0 Å². The van der Waals surface area contributed by atoms with Crippen molar-refractivity contribution in [1.29, 1.82) is 0 Å². The lowest BCUT2D eigenvalue weighted by Crippen LogP contribution is -2.18. The van der Waals surface area contributed by atoms with Crippen molar-refractivity contribution in [2.75, 3.05) is 13.1 Å². The van der Waals surface area contributed by atoms with E-state index in [9.17, 15) is 0 Å². The first-order valence-corrected chi connectivity index (χ1v) is 4.92. The number of likely N-dealkylation sites (tertiary alicyclic amines) is 1. The van der Waals surface area contributed by atoms with E-state index >= 15 is 0 Å². The highest BCUT2D eigenvalue weighted by Gasteiger charge is 2.14. The molecule has 0 unspecified atom stereocenters. The normalized spacial score (nSPS) is 18.2. The molecule has 0 N–H and O–H groups in total. The van der Waals surface area contributed by atoms with Crippen LogP contribution in [-0.4, -0.2) is 28.2 Å². The summed E-state index contributed by atoms with van der Waals surface area (Å²) in [6.07, 6.45) is 3.43. The van der Waals surface area contributed by atoms with E-state index in [1.807, 2.05) is 6.92 Å². The largest absolute Gasteiger partial charge is 0.424 e. The second-order valence-electron chi connectivity index (χ2n) is 3.43. The zero-order valence-electron chi connectivity index (χ0n) is 7.99. The highest BCUT2D eigenvalue weighted by molar-refractivity contribution is 4.82. The van der Waals surface area contributed by atoms with E-state index in [-0.39, 0.29) is 0 Å². The van der Waals surface area contributed by atoms with E-state index in [0.717, 1.165) is 24.7 Å². The van der Waals surface area contributed by atoms with Crippen molar-refractivity contribution >= 4 is 0 Å². The fraction of sp³-hybridized carbons (Fsp3) is 0.778. The molecule has 1 saturated heterocycles. The van der Waals surface area contributed by atoms with E-state index < -0.39 is 0 Å². The maximum atomic E-state index is 5.43. The van der Waals surface area contributed by atoms with Gasteiger partial charge in [0.05, 0.1) is 6.54 Å². The average Bonchev–Trinajstić information content (AvgIpc) is 2.76. The first-order valence-electron chi connectivity index (χ1n) is 4.92. The molecule has 0 aromatic carbocycles. The van der Waals surface area contributed by atoms with Crippen molar-refractivity contribution in [3.63, 3.8) is 0 Å². The van der Waals surface area contributed by atoms with Gasteiger partial charge in [-0.2, -0.15) is 0 Å². The maximum absolute atomic E-state index is 5.43. The maximum Gasteiger partial charge on any atom is 0.230 e. The number of rotatable bonds is 3. The summed E-state index contributed by atoms with van der Waals surface area (Å²) in [5.41, 5.74) is 0. The van der Waals surface area contributed by atoms with Gasteiger partial charge in [0.15, 0.2) is 0 Å². The van der Waals surface area contributed by atoms with Gasteiger partial charge in [-0.25, -0.2) is 0 Å². The van der Waals surface area contributed by atoms with Gasteiger partial charge in [0.2, 0.25) is 11.8 Å². The highest BCUT2D eigenvalue weighted by atomic mass is 16.4. The van der Waals surface area contributed by atoms with Crippen molar-refractivity contribution in [1.82, 2.24) is 15.1 Å². The van der Waals surface area contributed by atoms with Crippen LogP contribution < -0.4 is 0 Å². The third-order valence-corrected chi connectivity index (χ3v) is 2.37. The van der Waals surface area contributed by atoms with E-state index in [2.05, 4.69) is 15.1 Å². The van der Waals surface area contributed by atoms with Crippen molar-refractivity contribution in [3.8, 4) is 0 Å². The van der Waals surface area contributed by atoms with Crippen LogP contribution in [0, 0.1) is 0 Å². The molecule has 2 rings (SSSR count). The van der Waals surface area contributed by atoms with Crippen molar-refractivity contribution in [3.05, 3.63) is 11.8 Å². The molecule has 1 aromatic rings. The summed E-state index contributed by atoms with van der Waals surface area (Å²) in [7, 11) is 0. The zero-order chi connectivity index (χ0) is 9.10. The minimum atomic E-state index is 0.745. The summed E-state index contributed by atoms with van der Waals surface area (Å²) in [6, 6.07) is 0. The Labute approximate surface area is 77.9 Å². The van der Waals surface area contributed by atoms with Gasteiger partial charge in [-0.3, -0.25) is 4.90 Å². The molecule has 4 heteroatoms. The van der Waals surface area contributed by atoms with Crippen LogP contribution in [0.4, 0.5) is 0 Å². The molecule has 0 spiro atoms. The molecular formula is C9H15N3O. The van der Waals surface area contributed by atoms with Crippen molar-refractivity contribution in [2.45, 2.75) is 32.7 Å². The fourth-order valence-corrected chi connectivity index (χ4v) is 1.63. The Balaban J connectivity index is 1.92. The van der Waals surface area contributed by atoms with E-state index in [1.54, 1.807) is 0 Å². The molecule has 1 fully saturated rings. The van der Waals surface area contributed by atoms with Crippen LogP contribution in [0.15, 0.2) is 4.42 Å². The van der Waals surface area contributed by atoms with Crippen LogP contribution in [0.5, 0.6) is 0 Å². The molecule has 0 radical (unpaired) electrons. The highest BCUT2D eigenvalue weighted by Crippen LogP contribution is 2.11. The quantitative estimate of drug-likeness (QED) is 0.703. The van der Waals surface area contributed by atoms with Gasteiger partial charge in [0.25, 0.3) is 0 Å². The fourth-order valence-electron chi connectivity index (χ4n) is 1.63. The monoisotopic (exact) mass is 181 g/mol. The van der Waals surface area contributed by atoms with Crippen LogP contribution in [0.1, 0.15) is 31.5 Å². The number of nitrogens with zero attached hydrogens (tertiary/aromatic N) is 3. The molecule has 2 heterocycles. The molecule has 4 nitrogen and oxygen atoms in total. The number of aryl methyl sites for hydroxylation is 1. The topological polar surface area (TPSA) is 42.2 Å². The standard InChI is InChI=1S/C9H15N3O/c1-2-8-10-11-9(13-8)7-12-5-3-4-6-12/h2-7H2,1H3. The molecule has 0 saturated carbocycles. The van der Waals surface area contributed by atoms with Crippen LogP contribution in [0.2, 0.25) is 0 Å². The Bertz CT molecular complexity index is 266. The lowest BCUT2D eigenvalue weighted by atomic mass is 10.4. The van der Waals surface area contributed by atoms with Crippen LogP contribution in [0.3, 0.4) is 0 Å². The summed E-state index contributed by atoms with van der Waals surface area (Å²) in [4.78, 5) is 2.35. The van der Waals surface area contributed by atoms with E-state index in [0.29, 0.717) is 0 Å². The minimum Gasteiger partial charge on any atom is -0.424 e. The molecule has 1 aliphatic rings. The summed E-state index contributed by atoms with van der Waals surface area (Å²) >= 11 is 0. The Morgan fingerprint density at radius 1 is 1.23 bits per heavy atom. The van der Waals surface area contributed by atoms with Gasteiger partial charge in [-0.05, 0) is 25.9 Å². The smallest absolute Gasteiger partial charge is 0.230 e. The summed E-state index contributed by atoms with van der Waals surface area (Å²) < 4.78 is 5.43. The lowest BCUT2D eigenvalue weighted by molar-refractivity contribution is 0.286. The third kappa shape index (κ3) is 2.06. The lowest BCUT2D eigenvalue weighted by Gasteiger charge is -2.10. The Kier molecular flexibility index (Phi) is 2.59. The number of hydrogen-bond acceptors (Lipinski definition) is 4. The van der Waals surface area contributed by atoms with E-state index in [4.69, 9.17) is 4.42 Å². The zero-order valence-corrected chi connectivity index (χ0v) is 7.99. The van der Waals surface area contributed by atoms with Crippen LogP contribution in [-0.2, 0) is 13.0 Å². The Morgan fingerprint density at radius 3 is 2.54 bits per heavy atom. The number of aromatic nitrogens is 2. The van der Waals surface area contributed by atoms with Gasteiger partial charge < -0.3 is 4.42 Å². The van der Waals surface area contributed by atoms with Gasteiger partial charge in [0.1, 0.15) is 0 Å². The molecule has 0 bridgehead atoms. The predicted molar refractivity (Wildman–Crippen MR) is 48.2 cm³/mol. The van der Waals surface area contributed by atoms with Gasteiger partial charge in [-0.1, -0.05) is 6.92 Å². The molecule has 0 aliphatic carbocycles. The SMILES string of the molecule is CCc1nnc(CN2CCCC2)o1. The molecule has 1 aromatic heterocycles. The van der Waals surface area contributed by atoms with Gasteiger partial charge in [0, 0.05) is 6.42 Å². The Hall–Kier alpha value is -0.900. The molecule has 13 heavy (non-hydrogen) atoms. The molecule has 0 atom stereocenters. The van der Waals surface area contributed by atoms with Gasteiger partial charge in [-0.15, -0.1) is 10.2 Å². The first kappa shape index (κ1) is 8.69. The summed E-state index contributed by atoms with van der Waals surface area (Å²) in [5.74, 6) is 1.51. The summed E-state index contributed by atoms with van der Waals surface area (Å²) in [5, 5.41) is 7.93. The minimum absolute atomic E-state index is 0.745. The molecular weight excluding hydrogens is 166 g/mol. The molecule has 1 aliphatic heterocycles. The van der Waals surface area contributed by atoms with Crippen molar-refractivity contribution in [2.24, 2.45) is 0 Å². The summed E-state index contributed by atoms with van der Waals surface area (Å²) in [6.45, 7) is 5.19. The molecule has 0 amide bonds. The second-order valence-corrected chi connectivity index (χ2v) is 3.43. The Morgan fingerprint density at radius 2 is 1.92 bits per heavy atom. The van der Waals surface area contributed by atoms with Crippen LogP contribution in [0.25, 0.3) is 0 Å². The second kappa shape index (κ2) is 3.87.